The van der Waals surface area contributed by atoms with Crippen LogP contribution in [-0.2, 0) is 9.47 Å². The summed E-state index contributed by atoms with van der Waals surface area (Å²) < 4.78 is 9.70. The minimum atomic E-state index is -0.403. The van der Waals surface area contributed by atoms with Crippen LogP contribution in [0.25, 0.3) is 0 Å². The molecule has 88 valence electrons. The van der Waals surface area contributed by atoms with Gasteiger partial charge in [-0.2, -0.15) is 0 Å². The highest BCUT2D eigenvalue weighted by Gasteiger charge is 2.11. The van der Waals surface area contributed by atoms with Gasteiger partial charge < -0.3 is 9.47 Å². The molecule has 0 saturated heterocycles. The summed E-state index contributed by atoms with van der Waals surface area (Å²) in [5, 5.41) is -0.806. The second kappa shape index (κ2) is 8.18. The molecule has 0 saturated carbocycles. The summed E-state index contributed by atoms with van der Waals surface area (Å²) in [6, 6.07) is 0. The number of carbonyl (C=O) groups is 2. The lowest BCUT2D eigenvalue weighted by Gasteiger charge is -2.07. The van der Waals surface area contributed by atoms with E-state index < -0.39 is 10.6 Å². The third kappa shape index (κ3) is 10.3. The van der Waals surface area contributed by atoms with E-state index in [0.717, 1.165) is 31.4 Å². The Bertz CT molecular complexity index is 196. The van der Waals surface area contributed by atoms with Crippen LogP contribution in [0.5, 0.6) is 0 Å². The fourth-order valence-electron chi connectivity index (χ4n) is 0.497. The van der Waals surface area contributed by atoms with Gasteiger partial charge in [0.15, 0.2) is 0 Å². The highest BCUT2D eigenvalue weighted by atomic mass is 33.5. The van der Waals surface area contributed by atoms with Crippen molar-refractivity contribution in [2.45, 2.75) is 39.9 Å². The Morgan fingerprint density at radius 2 is 1.20 bits per heavy atom. The Hall–Kier alpha value is -0.0100. The summed E-state index contributed by atoms with van der Waals surface area (Å²) >= 11 is 0. The molecule has 0 atom stereocenters. The molecular weight excluding hydrogens is 256 g/mol. The molecule has 4 nitrogen and oxygen atoms in total. The van der Waals surface area contributed by atoms with Gasteiger partial charge in [-0.05, 0) is 37.5 Å². The van der Waals surface area contributed by atoms with Gasteiger partial charge in [-0.25, -0.2) is 9.59 Å². The van der Waals surface area contributed by atoms with E-state index in [1.165, 1.54) is 0 Å². The molecule has 0 unspecified atom stereocenters. The smallest absolute Gasteiger partial charge is 0.379 e. The Labute approximate surface area is 101 Å². The Morgan fingerprint density at radius 1 is 0.867 bits per heavy atom. The topological polar surface area (TPSA) is 52.6 Å². The lowest BCUT2D eigenvalue weighted by atomic mass is 10.5. The molecule has 0 N–H and O–H groups in total. The van der Waals surface area contributed by atoms with E-state index in [2.05, 4.69) is 0 Å². The normalized spacial score (nSPS) is 10.5. The molecule has 0 aliphatic heterocycles. The number of carbonyl (C=O) groups excluding carboxylic acids is 2. The molecule has 7 heteroatoms. The average molecular weight is 270 g/mol. The van der Waals surface area contributed by atoms with Crippen molar-refractivity contribution in [2.24, 2.45) is 0 Å². The van der Waals surface area contributed by atoms with Crippen LogP contribution in [0, 0.1) is 0 Å². The Morgan fingerprint density at radius 3 is 1.47 bits per heavy atom. The van der Waals surface area contributed by atoms with Crippen LogP contribution in [0.3, 0.4) is 0 Å². The molecule has 0 aliphatic carbocycles. The molecule has 0 amide bonds. The number of ether oxygens (including phenoxy) is 2. The highest BCUT2D eigenvalue weighted by molar-refractivity contribution is 9.14. The van der Waals surface area contributed by atoms with Crippen molar-refractivity contribution in [2.75, 3.05) is 0 Å². The largest absolute Gasteiger partial charge is 0.454 e. The first-order chi connectivity index (χ1) is 6.91. The van der Waals surface area contributed by atoms with Gasteiger partial charge in [0, 0.05) is 21.6 Å². The van der Waals surface area contributed by atoms with Crippen molar-refractivity contribution < 1.29 is 19.1 Å². The predicted octanol–water partition coefficient (Wildman–Crippen LogP) is 4.11. The molecule has 0 spiro atoms. The Balaban J connectivity index is 3.53. The maximum absolute atomic E-state index is 11.0. The van der Waals surface area contributed by atoms with E-state index in [9.17, 15) is 9.59 Å². The molecule has 0 rings (SSSR count). The molecule has 0 aliphatic rings. The van der Waals surface area contributed by atoms with Crippen LogP contribution in [0.1, 0.15) is 27.7 Å². The molecule has 15 heavy (non-hydrogen) atoms. The van der Waals surface area contributed by atoms with Crippen molar-refractivity contribution in [3.8, 4) is 0 Å². The summed E-state index contributed by atoms with van der Waals surface area (Å²) in [5.41, 5.74) is 0. The fraction of sp³-hybridized carbons (Fsp3) is 0.750. The molecule has 0 aromatic carbocycles. The fourth-order valence-corrected chi connectivity index (χ4v) is 3.08. The highest BCUT2D eigenvalue weighted by Crippen LogP contribution is 2.37. The summed E-state index contributed by atoms with van der Waals surface area (Å²) in [6.07, 6.45) is -0.281. The third-order valence-electron chi connectivity index (χ3n) is 0.868. The minimum absolute atomic E-state index is 0.141. The third-order valence-corrected chi connectivity index (χ3v) is 3.92. The SMILES string of the molecule is CC(C)OC(=O)SSSC(=O)OC(C)C. The van der Waals surface area contributed by atoms with Gasteiger partial charge in [0.1, 0.15) is 0 Å². The number of hydrogen-bond acceptors (Lipinski definition) is 7. The Kier molecular flexibility index (Phi) is 8.17. The average Bonchev–Trinajstić information content (AvgIpc) is 2.00. The van der Waals surface area contributed by atoms with Crippen LogP contribution in [0.2, 0.25) is 0 Å². The van der Waals surface area contributed by atoms with Crippen LogP contribution in [0.4, 0.5) is 9.59 Å². The zero-order valence-corrected chi connectivity index (χ0v) is 11.5. The van der Waals surface area contributed by atoms with Crippen LogP contribution in [0.15, 0.2) is 0 Å². The van der Waals surface area contributed by atoms with E-state index in [1.807, 2.05) is 0 Å². The molecule has 0 bridgehead atoms. The molecule has 0 heterocycles. The van der Waals surface area contributed by atoms with E-state index in [-0.39, 0.29) is 12.2 Å². The summed E-state index contributed by atoms with van der Waals surface area (Å²) in [5.74, 6) is 0. The number of rotatable bonds is 4. The van der Waals surface area contributed by atoms with Gasteiger partial charge in [0.2, 0.25) is 0 Å². The second-order valence-corrected chi connectivity index (χ2v) is 6.84. The van der Waals surface area contributed by atoms with Crippen molar-refractivity contribution in [3.63, 3.8) is 0 Å². The van der Waals surface area contributed by atoms with E-state index in [4.69, 9.17) is 9.47 Å². The van der Waals surface area contributed by atoms with Crippen molar-refractivity contribution >= 4 is 42.0 Å². The lowest BCUT2D eigenvalue weighted by molar-refractivity contribution is 0.142. The molecular formula is C8H14O4S3. The van der Waals surface area contributed by atoms with E-state index in [1.54, 1.807) is 27.7 Å². The second-order valence-electron chi connectivity index (χ2n) is 3.07. The van der Waals surface area contributed by atoms with Gasteiger partial charge in [-0.1, -0.05) is 0 Å². The first kappa shape index (κ1) is 15.0. The van der Waals surface area contributed by atoms with E-state index in [0.29, 0.717) is 0 Å². The van der Waals surface area contributed by atoms with Gasteiger partial charge in [0.25, 0.3) is 0 Å². The molecule has 0 radical (unpaired) electrons. The zero-order chi connectivity index (χ0) is 11.8. The monoisotopic (exact) mass is 270 g/mol. The maximum atomic E-state index is 11.0. The van der Waals surface area contributed by atoms with Gasteiger partial charge in [-0.15, -0.1) is 0 Å². The van der Waals surface area contributed by atoms with E-state index >= 15 is 0 Å². The zero-order valence-electron chi connectivity index (χ0n) is 9.01. The molecule has 0 aromatic heterocycles. The van der Waals surface area contributed by atoms with Crippen LogP contribution >= 0.6 is 31.4 Å². The van der Waals surface area contributed by atoms with Crippen LogP contribution < -0.4 is 0 Å². The van der Waals surface area contributed by atoms with Crippen LogP contribution in [-0.4, -0.2) is 22.8 Å². The lowest BCUT2D eigenvalue weighted by Crippen LogP contribution is -2.06. The summed E-state index contributed by atoms with van der Waals surface area (Å²) in [6.45, 7) is 7.07. The van der Waals surface area contributed by atoms with Crippen molar-refractivity contribution in [1.82, 2.24) is 0 Å². The molecule has 0 fully saturated rings. The predicted molar refractivity (Wildman–Crippen MR) is 66.0 cm³/mol. The standard InChI is InChI=1S/C8H14O4S3/c1-5(2)11-7(9)13-15-14-8(10)12-6(3)4/h5-6H,1-4H3. The first-order valence-electron chi connectivity index (χ1n) is 4.34. The minimum Gasteiger partial charge on any atom is -0.454 e. The quantitative estimate of drug-likeness (QED) is 0.563. The van der Waals surface area contributed by atoms with Gasteiger partial charge >= 0.3 is 10.6 Å². The summed E-state index contributed by atoms with van der Waals surface area (Å²) in [4.78, 5) is 22.0. The first-order valence-corrected chi connectivity index (χ1v) is 7.82. The number of hydrogen-bond donors (Lipinski definition) is 0. The molecule has 0 aromatic rings. The van der Waals surface area contributed by atoms with Crippen molar-refractivity contribution in [1.29, 1.82) is 0 Å². The van der Waals surface area contributed by atoms with Crippen molar-refractivity contribution in [3.05, 3.63) is 0 Å². The summed E-state index contributed by atoms with van der Waals surface area (Å²) in [7, 11) is 2.79. The van der Waals surface area contributed by atoms with Gasteiger partial charge in [0.05, 0.1) is 12.2 Å². The van der Waals surface area contributed by atoms with Gasteiger partial charge in [-0.3, -0.25) is 0 Å². The maximum Gasteiger partial charge on any atom is 0.379 e.